The van der Waals surface area contributed by atoms with Gasteiger partial charge in [0, 0.05) is 16.5 Å². The Kier molecular flexibility index (Phi) is 5.78. The number of aromatic carboxylic acids is 1. The highest BCUT2D eigenvalue weighted by atomic mass is 35.5. The zero-order valence-electron chi connectivity index (χ0n) is 13.9. The smallest absolute Gasteiger partial charge is 0.356 e. The van der Waals surface area contributed by atoms with Crippen molar-refractivity contribution in [3.8, 4) is 5.75 Å². The highest BCUT2D eigenvalue weighted by Gasteiger charge is 2.20. The van der Waals surface area contributed by atoms with Crippen molar-refractivity contribution in [2.75, 3.05) is 0 Å². The lowest BCUT2D eigenvalue weighted by atomic mass is 10.1. The lowest BCUT2D eigenvalue weighted by Crippen LogP contribution is -2.21. The van der Waals surface area contributed by atoms with Crippen LogP contribution in [0.4, 0.5) is 0 Å². The molecule has 0 aliphatic carbocycles. The molecule has 0 bridgehead atoms. The molecule has 0 aliphatic heterocycles. The Morgan fingerprint density at radius 1 is 1.07 bits per heavy atom. The van der Waals surface area contributed by atoms with Crippen LogP contribution in [0.5, 0.6) is 5.75 Å². The van der Waals surface area contributed by atoms with Gasteiger partial charge in [0.2, 0.25) is 5.75 Å². The minimum Gasteiger partial charge on any atom is -0.481 e. The van der Waals surface area contributed by atoms with Gasteiger partial charge in [0.15, 0.2) is 5.69 Å². The van der Waals surface area contributed by atoms with Gasteiger partial charge in [-0.15, -0.1) is 0 Å². The fraction of sp³-hybridized carbons (Fsp3) is 0.105. The summed E-state index contributed by atoms with van der Waals surface area (Å²) in [4.78, 5) is 30.5. The third-order valence-corrected chi connectivity index (χ3v) is 4.48. The first-order valence-electron chi connectivity index (χ1n) is 7.92. The number of carboxylic acids is 1. The van der Waals surface area contributed by atoms with Gasteiger partial charge < -0.3 is 14.8 Å². The van der Waals surface area contributed by atoms with E-state index in [1.807, 2.05) is 18.2 Å². The Balaban J connectivity index is 1.93. The molecule has 27 heavy (non-hydrogen) atoms. The molecule has 6 nitrogen and oxygen atoms in total. The van der Waals surface area contributed by atoms with Crippen LogP contribution in [0, 0.1) is 0 Å². The third-order valence-electron chi connectivity index (χ3n) is 3.77. The standard InChI is InChI=1S/C19H14Cl2N2O4/c20-13-7-4-8-14(21)12(13)9-15-22-16(19(25)26)17(18(24)23-15)27-10-11-5-2-1-3-6-11/h1-8H,9-10H2,(H,25,26)(H,22,23,24). The van der Waals surface area contributed by atoms with Crippen LogP contribution in [-0.2, 0) is 13.0 Å². The minimum absolute atomic E-state index is 0.0432. The predicted octanol–water partition coefficient (Wildman–Crippen LogP) is 3.94. The van der Waals surface area contributed by atoms with Gasteiger partial charge in [-0.2, -0.15) is 4.98 Å². The first-order chi connectivity index (χ1) is 13.0. The predicted molar refractivity (Wildman–Crippen MR) is 102 cm³/mol. The van der Waals surface area contributed by atoms with E-state index in [0.717, 1.165) is 5.56 Å². The lowest BCUT2D eigenvalue weighted by Gasteiger charge is -2.11. The van der Waals surface area contributed by atoms with E-state index in [2.05, 4.69) is 9.97 Å². The molecule has 0 spiro atoms. The maximum Gasteiger partial charge on any atom is 0.356 e. The molecule has 0 unspecified atom stereocenters. The lowest BCUT2D eigenvalue weighted by molar-refractivity contribution is 0.0683. The molecule has 8 heteroatoms. The number of hydrogen-bond acceptors (Lipinski definition) is 4. The van der Waals surface area contributed by atoms with Crippen molar-refractivity contribution >= 4 is 29.2 Å². The van der Waals surface area contributed by atoms with Crippen LogP contribution in [0.15, 0.2) is 53.3 Å². The average Bonchev–Trinajstić information content (AvgIpc) is 2.64. The summed E-state index contributed by atoms with van der Waals surface area (Å²) in [5.74, 6) is -1.55. The number of H-pyrrole nitrogens is 1. The van der Waals surface area contributed by atoms with Gasteiger partial charge in [-0.25, -0.2) is 4.79 Å². The number of rotatable bonds is 6. The molecular weight excluding hydrogens is 391 g/mol. The molecule has 3 aromatic rings. The number of hydrogen-bond donors (Lipinski definition) is 2. The Hall–Kier alpha value is -2.83. The van der Waals surface area contributed by atoms with Crippen LogP contribution in [0.3, 0.4) is 0 Å². The van der Waals surface area contributed by atoms with Crippen molar-refractivity contribution in [2.24, 2.45) is 0 Å². The summed E-state index contributed by atoms with van der Waals surface area (Å²) >= 11 is 12.3. The molecule has 3 rings (SSSR count). The van der Waals surface area contributed by atoms with Gasteiger partial charge in [-0.05, 0) is 23.3 Å². The highest BCUT2D eigenvalue weighted by Crippen LogP contribution is 2.26. The summed E-state index contributed by atoms with van der Waals surface area (Å²) in [5, 5.41) is 10.2. The van der Waals surface area contributed by atoms with E-state index >= 15 is 0 Å². The Morgan fingerprint density at radius 2 is 1.74 bits per heavy atom. The van der Waals surface area contributed by atoms with Crippen molar-refractivity contribution in [1.29, 1.82) is 0 Å². The number of ether oxygens (including phenoxy) is 1. The molecule has 0 saturated heterocycles. The van der Waals surface area contributed by atoms with Crippen molar-refractivity contribution in [3.63, 3.8) is 0 Å². The van der Waals surface area contributed by atoms with Crippen molar-refractivity contribution < 1.29 is 14.6 Å². The van der Waals surface area contributed by atoms with Crippen LogP contribution in [-0.4, -0.2) is 21.0 Å². The SMILES string of the molecule is O=C(O)c1[nH]c(Cc2c(Cl)cccc2Cl)nc(=O)c1OCc1ccccc1. The molecule has 138 valence electrons. The molecule has 2 N–H and O–H groups in total. The summed E-state index contributed by atoms with van der Waals surface area (Å²) in [6.07, 6.45) is 0.0764. The summed E-state index contributed by atoms with van der Waals surface area (Å²) in [6.45, 7) is 0.0432. The molecule has 0 radical (unpaired) electrons. The maximum atomic E-state index is 12.4. The second-order valence-electron chi connectivity index (χ2n) is 5.65. The summed E-state index contributed by atoms with van der Waals surface area (Å²) in [6, 6.07) is 14.1. The minimum atomic E-state index is -1.33. The number of carboxylic acid groups (broad SMARTS) is 1. The van der Waals surface area contributed by atoms with Crippen molar-refractivity contribution in [3.05, 3.63) is 91.6 Å². The summed E-state index contributed by atoms with van der Waals surface area (Å²) < 4.78 is 5.43. The fourth-order valence-corrected chi connectivity index (χ4v) is 3.01. The number of nitrogens with one attached hydrogen (secondary N) is 1. The van der Waals surface area contributed by atoms with Gasteiger partial charge in [0.1, 0.15) is 12.4 Å². The van der Waals surface area contributed by atoms with Gasteiger partial charge in [-0.1, -0.05) is 59.6 Å². The number of carbonyl (C=O) groups is 1. The topological polar surface area (TPSA) is 92.3 Å². The quantitative estimate of drug-likeness (QED) is 0.648. The Bertz CT molecular complexity index is 1020. The summed E-state index contributed by atoms with van der Waals surface area (Å²) in [7, 11) is 0. The Labute approximate surface area is 164 Å². The molecular formula is C19H14Cl2N2O4. The molecule has 1 heterocycles. The van der Waals surface area contributed by atoms with Crippen molar-refractivity contribution in [2.45, 2.75) is 13.0 Å². The second-order valence-corrected chi connectivity index (χ2v) is 6.46. The normalized spacial score (nSPS) is 10.6. The fourth-order valence-electron chi connectivity index (χ4n) is 2.48. The van der Waals surface area contributed by atoms with Crippen LogP contribution in [0.25, 0.3) is 0 Å². The van der Waals surface area contributed by atoms with Crippen LogP contribution in [0.2, 0.25) is 10.0 Å². The second kappa shape index (κ2) is 8.24. The number of aromatic amines is 1. The maximum absolute atomic E-state index is 12.4. The van der Waals surface area contributed by atoms with E-state index in [9.17, 15) is 14.7 Å². The zero-order valence-corrected chi connectivity index (χ0v) is 15.4. The average molecular weight is 405 g/mol. The third kappa shape index (κ3) is 4.48. The van der Waals surface area contributed by atoms with Crippen LogP contribution < -0.4 is 10.3 Å². The summed E-state index contributed by atoms with van der Waals surface area (Å²) in [5.41, 5.74) is 0.183. The number of nitrogens with zero attached hydrogens (tertiary/aromatic N) is 1. The van der Waals surface area contributed by atoms with E-state index in [4.69, 9.17) is 27.9 Å². The number of aromatic nitrogens is 2. The van der Waals surface area contributed by atoms with Gasteiger partial charge in [0.05, 0.1) is 0 Å². The van der Waals surface area contributed by atoms with Gasteiger partial charge in [-0.3, -0.25) is 4.79 Å². The largest absolute Gasteiger partial charge is 0.481 e. The first kappa shape index (κ1) is 18.9. The van der Waals surface area contributed by atoms with E-state index in [1.54, 1.807) is 30.3 Å². The molecule has 0 amide bonds. The molecule has 0 saturated carbocycles. The Morgan fingerprint density at radius 3 is 2.37 bits per heavy atom. The monoisotopic (exact) mass is 404 g/mol. The van der Waals surface area contributed by atoms with Crippen molar-refractivity contribution in [1.82, 2.24) is 9.97 Å². The van der Waals surface area contributed by atoms with E-state index < -0.39 is 11.5 Å². The molecule has 0 aliphatic rings. The van der Waals surface area contributed by atoms with Gasteiger partial charge >= 0.3 is 11.5 Å². The molecule has 0 fully saturated rings. The molecule has 2 aromatic carbocycles. The van der Waals surface area contributed by atoms with E-state index in [1.165, 1.54) is 0 Å². The molecule has 0 atom stereocenters. The number of halogens is 2. The van der Waals surface area contributed by atoms with Crippen LogP contribution >= 0.6 is 23.2 Å². The van der Waals surface area contributed by atoms with E-state index in [-0.39, 0.29) is 30.3 Å². The highest BCUT2D eigenvalue weighted by molar-refractivity contribution is 6.36. The first-order valence-corrected chi connectivity index (χ1v) is 8.67. The molecule has 1 aromatic heterocycles. The van der Waals surface area contributed by atoms with Crippen LogP contribution in [0.1, 0.15) is 27.4 Å². The zero-order chi connectivity index (χ0) is 19.4. The van der Waals surface area contributed by atoms with Gasteiger partial charge in [0.25, 0.3) is 0 Å². The number of benzene rings is 2. The van der Waals surface area contributed by atoms with E-state index in [0.29, 0.717) is 15.6 Å².